The predicted octanol–water partition coefficient (Wildman–Crippen LogP) is 1.91. The van der Waals surface area contributed by atoms with Crippen molar-refractivity contribution in [3.63, 3.8) is 0 Å². The van der Waals surface area contributed by atoms with Crippen molar-refractivity contribution in [1.29, 1.82) is 0 Å². The highest BCUT2D eigenvalue weighted by atomic mass is 35.5. The molecule has 0 saturated heterocycles. The Hall–Kier alpha value is -1.46. The fourth-order valence-corrected chi connectivity index (χ4v) is 1.53. The van der Waals surface area contributed by atoms with Crippen molar-refractivity contribution in [2.24, 2.45) is 5.73 Å². The number of nitrogens with two attached hydrogens (primary N) is 1. The summed E-state index contributed by atoms with van der Waals surface area (Å²) in [6.45, 7) is 0. The van der Waals surface area contributed by atoms with E-state index in [1.165, 1.54) is 12.1 Å². The van der Waals surface area contributed by atoms with Gasteiger partial charge in [0.2, 0.25) is 6.39 Å². The summed E-state index contributed by atoms with van der Waals surface area (Å²) in [6.07, 6.45) is 1.13. The Balaban J connectivity index is 2.46. The Labute approximate surface area is 89.8 Å². The standard InChI is InChI=1S/C9H7ClFN3O/c10-5-2-1-3-6(11)7(5)8(12)9-13-4-15-14-9/h1-4,8H,12H2. The fraction of sp³-hybridized carbons (Fsp3) is 0.111. The molecule has 0 spiro atoms. The van der Waals surface area contributed by atoms with Gasteiger partial charge in [-0.25, -0.2) is 4.39 Å². The van der Waals surface area contributed by atoms with Gasteiger partial charge in [-0.1, -0.05) is 22.8 Å². The number of hydrogen-bond donors (Lipinski definition) is 1. The van der Waals surface area contributed by atoms with E-state index >= 15 is 0 Å². The molecular formula is C9H7ClFN3O. The highest BCUT2D eigenvalue weighted by Crippen LogP contribution is 2.26. The lowest BCUT2D eigenvalue weighted by molar-refractivity contribution is 0.407. The molecule has 0 aliphatic heterocycles. The minimum absolute atomic E-state index is 0.167. The molecule has 1 aromatic carbocycles. The Morgan fingerprint density at radius 3 is 2.87 bits per heavy atom. The first-order chi connectivity index (χ1) is 7.20. The molecule has 2 N–H and O–H groups in total. The van der Waals surface area contributed by atoms with Crippen molar-refractivity contribution >= 4 is 11.6 Å². The van der Waals surface area contributed by atoms with Crippen LogP contribution in [0.15, 0.2) is 29.1 Å². The first-order valence-corrected chi connectivity index (χ1v) is 4.53. The van der Waals surface area contributed by atoms with Gasteiger partial charge in [0.1, 0.15) is 5.82 Å². The Bertz CT molecular complexity index is 440. The van der Waals surface area contributed by atoms with E-state index in [1.807, 2.05) is 0 Å². The molecule has 0 bridgehead atoms. The summed E-state index contributed by atoms with van der Waals surface area (Å²) in [5.41, 5.74) is 5.92. The van der Waals surface area contributed by atoms with E-state index in [0.29, 0.717) is 0 Å². The zero-order valence-electron chi connectivity index (χ0n) is 7.52. The summed E-state index contributed by atoms with van der Waals surface area (Å²) in [5.74, 6) is -0.290. The number of benzene rings is 1. The number of nitrogens with zero attached hydrogens (tertiary/aromatic N) is 2. The summed E-state index contributed by atoms with van der Waals surface area (Å²) in [4.78, 5) is 3.75. The van der Waals surface area contributed by atoms with Crippen molar-refractivity contribution in [3.8, 4) is 0 Å². The lowest BCUT2D eigenvalue weighted by Crippen LogP contribution is -2.15. The smallest absolute Gasteiger partial charge is 0.213 e. The zero-order valence-corrected chi connectivity index (χ0v) is 8.28. The predicted molar refractivity (Wildman–Crippen MR) is 51.7 cm³/mol. The highest BCUT2D eigenvalue weighted by molar-refractivity contribution is 6.31. The van der Waals surface area contributed by atoms with Gasteiger partial charge in [-0.05, 0) is 12.1 Å². The van der Waals surface area contributed by atoms with Gasteiger partial charge < -0.3 is 10.3 Å². The Morgan fingerprint density at radius 2 is 2.27 bits per heavy atom. The Kier molecular flexibility index (Phi) is 2.66. The van der Waals surface area contributed by atoms with Crippen LogP contribution in [0.2, 0.25) is 5.02 Å². The van der Waals surface area contributed by atoms with Gasteiger partial charge in [-0.3, -0.25) is 0 Å². The third-order valence-corrected chi connectivity index (χ3v) is 2.30. The van der Waals surface area contributed by atoms with Gasteiger partial charge in [0, 0.05) is 10.6 Å². The maximum absolute atomic E-state index is 13.4. The van der Waals surface area contributed by atoms with Crippen LogP contribution in [0, 0.1) is 5.82 Å². The van der Waals surface area contributed by atoms with Gasteiger partial charge >= 0.3 is 0 Å². The maximum atomic E-state index is 13.4. The molecule has 0 saturated carbocycles. The van der Waals surface area contributed by atoms with E-state index in [1.54, 1.807) is 6.07 Å². The van der Waals surface area contributed by atoms with E-state index in [0.717, 1.165) is 6.39 Å². The van der Waals surface area contributed by atoms with E-state index in [4.69, 9.17) is 17.3 Å². The van der Waals surface area contributed by atoms with Gasteiger partial charge in [0.25, 0.3) is 0 Å². The van der Waals surface area contributed by atoms with Crippen LogP contribution in [-0.4, -0.2) is 10.1 Å². The maximum Gasteiger partial charge on any atom is 0.213 e. The zero-order chi connectivity index (χ0) is 10.8. The van der Waals surface area contributed by atoms with Crippen molar-refractivity contribution in [3.05, 3.63) is 46.8 Å². The number of aromatic nitrogens is 2. The third kappa shape index (κ3) is 1.84. The summed E-state index contributed by atoms with van der Waals surface area (Å²) >= 11 is 5.84. The second kappa shape index (κ2) is 3.96. The second-order valence-electron chi connectivity index (χ2n) is 2.90. The molecule has 0 aliphatic carbocycles. The van der Waals surface area contributed by atoms with Crippen molar-refractivity contribution in [2.45, 2.75) is 6.04 Å². The number of rotatable bonds is 2. The van der Waals surface area contributed by atoms with Crippen molar-refractivity contribution in [1.82, 2.24) is 10.1 Å². The quantitative estimate of drug-likeness (QED) is 0.851. The van der Waals surface area contributed by atoms with Crippen LogP contribution in [-0.2, 0) is 0 Å². The number of hydrogen-bond acceptors (Lipinski definition) is 4. The minimum atomic E-state index is -0.822. The third-order valence-electron chi connectivity index (χ3n) is 1.97. The Morgan fingerprint density at radius 1 is 1.47 bits per heavy atom. The van der Waals surface area contributed by atoms with Crippen LogP contribution in [0.1, 0.15) is 17.4 Å². The van der Waals surface area contributed by atoms with Crippen LogP contribution < -0.4 is 5.73 Å². The summed E-state index contributed by atoms with van der Waals surface area (Å²) in [6, 6.07) is 3.52. The van der Waals surface area contributed by atoms with Gasteiger partial charge in [0.15, 0.2) is 5.82 Å². The van der Waals surface area contributed by atoms with E-state index < -0.39 is 11.9 Å². The molecule has 0 amide bonds. The highest BCUT2D eigenvalue weighted by Gasteiger charge is 2.20. The lowest BCUT2D eigenvalue weighted by Gasteiger charge is -2.10. The monoisotopic (exact) mass is 227 g/mol. The van der Waals surface area contributed by atoms with Crippen LogP contribution in [0.3, 0.4) is 0 Å². The molecule has 0 fully saturated rings. The molecule has 78 valence electrons. The first kappa shape index (κ1) is 10.1. The molecule has 4 nitrogen and oxygen atoms in total. The van der Waals surface area contributed by atoms with E-state index in [2.05, 4.69) is 14.7 Å². The molecular weight excluding hydrogens is 221 g/mol. The second-order valence-corrected chi connectivity index (χ2v) is 3.31. The molecule has 0 aliphatic rings. The lowest BCUT2D eigenvalue weighted by atomic mass is 10.1. The number of halogens is 2. The van der Waals surface area contributed by atoms with Gasteiger partial charge in [-0.15, -0.1) is 0 Å². The van der Waals surface area contributed by atoms with E-state index in [9.17, 15) is 4.39 Å². The van der Waals surface area contributed by atoms with Gasteiger partial charge in [0.05, 0.1) is 6.04 Å². The molecule has 0 radical (unpaired) electrons. The molecule has 15 heavy (non-hydrogen) atoms. The largest absolute Gasteiger partial charge is 0.343 e. The SMILES string of the molecule is NC(c1ncon1)c1c(F)cccc1Cl. The molecule has 6 heteroatoms. The average molecular weight is 228 g/mol. The average Bonchev–Trinajstić information content (AvgIpc) is 2.69. The van der Waals surface area contributed by atoms with Crippen LogP contribution in [0.25, 0.3) is 0 Å². The van der Waals surface area contributed by atoms with Crippen LogP contribution in [0.5, 0.6) is 0 Å². The topological polar surface area (TPSA) is 64.9 Å². The fourth-order valence-electron chi connectivity index (χ4n) is 1.25. The summed E-state index contributed by atoms with van der Waals surface area (Å²) in [5, 5.41) is 3.78. The molecule has 1 atom stereocenters. The van der Waals surface area contributed by atoms with E-state index in [-0.39, 0.29) is 16.4 Å². The summed E-state index contributed by atoms with van der Waals surface area (Å²) in [7, 11) is 0. The van der Waals surface area contributed by atoms with Crippen LogP contribution in [0.4, 0.5) is 4.39 Å². The molecule has 2 aromatic rings. The summed E-state index contributed by atoms with van der Waals surface area (Å²) < 4.78 is 18.0. The van der Waals surface area contributed by atoms with Crippen LogP contribution >= 0.6 is 11.6 Å². The normalized spacial score (nSPS) is 12.7. The van der Waals surface area contributed by atoms with Crippen molar-refractivity contribution < 1.29 is 8.91 Å². The molecule has 2 rings (SSSR count). The van der Waals surface area contributed by atoms with Crippen molar-refractivity contribution in [2.75, 3.05) is 0 Å². The van der Waals surface area contributed by atoms with Gasteiger partial charge in [-0.2, -0.15) is 4.98 Å². The molecule has 1 aromatic heterocycles. The minimum Gasteiger partial charge on any atom is -0.343 e. The molecule has 1 heterocycles. The molecule has 1 unspecified atom stereocenters. The first-order valence-electron chi connectivity index (χ1n) is 4.16.